The van der Waals surface area contributed by atoms with Crippen molar-refractivity contribution in [2.45, 2.75) is 33.2 Å². The zero-order valence-corrected chi connectivity index (χ0v) is 10.8. The van der Waals surface area contributed by atoms with Gasteiger partial charge >= 0.3 is 0 Å². The number of likely N-dealkylation sites (N-methyl/N-ethyl adjacent to an activating group) is 1. The zero-order chi connectivity index (χ0) is 12.4. The van der Waals surface area contributed by atoms with Crippen molar-refractivity contribution in [1.82, 2.24) is 15.3 Å². The van der Waals surface area contributed by atoms with E-state index in [0.717, 1.165) is 23.8 Å². The lowest BCUT2D eigenvalue weighted by atomic mass is 9.99. The number of nitrogens with one attached hydrogen (secondary N) is 2. The Morgan fingerprint density at radius 3 is 2.59 bits per heavy atom. The van der Waals surface area contributed by atoms with Crippen molar-refractivity contribution in [2.75, 3.05) is 7.05 Å². The second-order valence-corrected chi connectivity index (χ2v) is 4.33. The molecule has 4 nitrogen and oxygen atoms in total. The molecule has 2 aromatic rings. The highest BCUT2D eigenvalue weighted by molar-refractivity contribution is 5.34. The molecule has 0 aliphatic rings. The van der Waals surface area contributed by atoms with E-state index in [1.807, 2.05) is 27.1 Å². The van der Waals surface area contributed by atoms with Gasteiger partial charge in [0.05, 0.1) is 0 Å². The summed E-state index contributed by atoms with van der Waals surface area (Å²) in [6, 6.07) is 0.235. The normalized spacial score (nSPS) is 12.9. The van der Waals surface area contributed by atoms with Gasteiger partial charge in [-0.2, -0.15) is 0 Å². The van der Waals surface area contributed by atoms with E-state index < -0.39 is 0 Å². The Morgan fingerprint density at radius 2 is 2.12 bits per heavy atom. The van der Waals surface area contributed by atoms with Crippen molar-refractivity contribution in [3.63, 3.8) is 0 Å². The van der Waals surface area contributed by atoms with Gasteiger partial charge in [-0.25, -0.2) is 4.98 Å². The molecule has 4 heteroatoms. The van der Waals surface area contributed by atoms with E-state index in [-0.39, 0.29) is 6.04 Å². The Morgan fingerprint density at radius 1 is 1.35 bits per heavy atom. The Hall–Kier alpha value is -1.55. The molecule has 0 saturated heterocycles. The number of hydrogen-bond acceptors (Lipinski definition) is 3. The molecule has 0 aliphatic heterocycles. The van der Waals surface area contributed by atoms with Crippen molar-refractivity contribution in [3.8, 4) is 0 Å². The fraction of sp³-hybridized carbons (Fsp3) is 0.462. The van der Waals surface area contributed by atoms with Gasteiger partial charge in [-0.3, -0.25) is 0 Å². The van der Waals surface area contributed by atoms with Gasteiger partial charge in [0.15, 0.2) is 0 Å². The number of aromatic amines is 1. The fourth-order valence-corrected chi connectivity index (χ4v) is 2.27. The first-order valence-corrected chi connectivity index (χ1v) is 5.85. The fourth-order valence-electron chi connectivity index (χ4n) is 2.27. The first-order chi connectivity index (χ1) is 8.13. The molecule has 0 spiro atoms. The third-order valence-electron chi connectivity index (χ3n) is 3.27. The van der Waals surface area contributed by atoms with Gasteiger partial charge in [-0.1, -0.05) is 0 Å². The van der Waals surface area contributed by atoms with Crippen molar-refractivity contribution in [1.29, 1.82) is 0 Å². The Labute approximate surface area is 101 Å². The predicted molar refractivity (Wildman–Crippen MR) is 67.0 cm³/mol. The molecule has 2 aromatic heterocycles. The topological polar surface area (TPSA) is 53.9 Å². The lowest BCUT2D eigenvalue weighted by molar-refractivity contribution is 0.488. The Bertz CT molecular complexity index is 485. The van der Waals surface area contributed by atoms with Crippen molar-refractivity contribution < 1.29 is 4.42 Å². The van der Waals surface area contributed by atoms with E-state index in [9.17, 15) is 0 Å². The van der Waals surface area contributed by atoms with E-state index in [0.29, 0.717) is 0 Å². The first kappa shape index (κ1) is 11.9. The number of aryl methyl sites for hydroxylation is 2. The highest BCUT2D eigenvalue weighted by atomic mass is 16.3. The average molecular weight is 233 g/mol. The molecule has 0 amide bonds. The third kappa shape index (κ3) is 2.26. The van der Waals surface area contributed by atoms with Gasteiger partial charge in [0, 0.05) is 30.4 Å². The maximum absolute atomic E-state index is 5.68. The van der Waals surface area contributed by atoms with E-state index in [2.05, 4.69) is 22.2 Å². The number of H-pyrrole nitrogens is 1. The van der Waals surface area contributed by atoms with Crippen molar-refractivity contribution in [3.05, 3.63) is 40.9 Å². The third-order valence-corrected chi connectivity index (χ3v) is 3.27. The van der Waals surface area contributed by atoms with Crippen LogP contribution in [-0.2, 0) is 6.42 Å². The molecule has 2 heterocycles. The van der Waals surface area contributed by atoms with Gasteiger partial charge in [0.25, 0.3) is 0 Å². The van der Waals surface area contributed by atoms with Crippen LogP contribution in [-0.4, -0.2) is 17.0 Å². The number of rotatable bonds is 4. The van der Waals surface area contributed by atoms with Crippen molar-refractivity contribution in [2.24, 2.45) is 0 Å². The van der Waals surface area contributed by atoms with E-state index in [1.54, 1.807) is 6.20 Å². The van der Waals surface area contributed by atoms with Crippen LogP contribution in [0.25, 0.3) is 0 Å². The predicted octanol–water partition coefficient (Wildman–Crippen LogP) is 2.43. The second kappa shape index (κ2) is 4.75. The van der Waals surface area contributed by atoms with Crippen LogP contribution >= 0.6 is 0 Å². The summed E-state index contributed by atoms with van der Waals surface area (Å²) in [7, 11) is 1.97. The lowest BCUT2D eigenvalue weighted by Crippen LogP contribution is -2.20. The molecule has 0 radical (unpaired) electrons. The first-order valence-electron chi connectivity index (χ1n) is 5.85. The maximum atomic E-state index is 5.68. The molecule has 92 valence electrons. The van der Waals surface area contributed by atoms with Crippen LogP contribution in [0.2, 0.25) is 0 Å². The number of hydrogen-bond donors (Lipinski definition) is 2. The van der Waals surface area contributed by atoms with E-state index in [4.69, 9.17) is 4.42 Å². The summed E-state index contributed by atoms with van der Waals surface area (Å²) in [6.07, 6.45) is 4.47. The number of nitrogens with zero attached hydrogens (tertiary/aromatic N) is 1. The summed E-state index contributed by atoms with van der Waals surface area (Å²) in [5, 5.41) is 3.33. The minimum absolute atomic E-state index is 0.235. The van der Waals surface area contributed by atoms with Gasteiger partial charge in [-0.15, -0.1) is 0 Å². The van der Waals surface area contributed by atoms with E-state index >= 15 is 0 Å². The van der Waals surface area contributed by atoms with Crippen LogP contribution in [0.3, 0.4) is 0 Å². The standard InChI is InChI=1S/C13H19N3O/c1-8-9(2)17-10(3)13(8)11(14-4)7-12-15-5-6-16-12/h5-6,11,14H,7H2,1-4H3,(H,15,16). The van der Waals surface area contributed by atoms with Crippen LogP contribution in [0, 0.1) is 20.8 Å². The maximum Gasteiger partial charge on any atom is 0.107 e. The number of furan rings is 1. The molecule has 0 fully saturated rings. The van der Waals surface area contributed by atoms with Gasteiger partial charge < -0.3 is 14.7 Å². The Balaban J connectivity index is 2.29. The molecule has 1 unspecified atom stereocenters. The summed E-state index contributed by atoms with van der Waals surface area (Å²) < 4.78 is 5.68. The summed E-state index contributed by atoms with van der Waals surface area (Å²) in [5.74, 6) is 2.98. The SMILES string of the molecule is CNC(Cc1ncc[nH]1)c1c(C)oc(C)c1C. The van der Waals surface area contributed by atoms with Gasteiger partial charge in [0.1, 0.15) is 17.3 Å². The van der Waals surface area contributed by atoms with Crippen LogP contribution in [0.5, 0.6) is 0 Å². The highest BCUT2D eigenvalue weighted by Gasteiger charge is 2.20. The molecule has 0 bridgehead atoms. The van der Waals surface area contributed by atoms with Crippen molar-refractivity contribution >= 4 is 0 Å². The average Bonchev–Trinajstić information content (AvgIpc) is 2.87. The summed E-state index contributed by atoms with van der Waals surface area (Å²) in [5.41, 5.74) is 2.48. The number of imidazole rings is 1. The molecule has 0 aromatic carbocycles. The lowest BCUT2D eigenvalue weighted by Gasteiger charge is -2.15. The molecule has 0 saturated carbocycles. The second-order valence-electron chi connectivity index (χ2n) is 4.33. The molecular formula is C13H19N3O. The molecule has 2 N–H and O–H groups in total. The summed E-state index contributed by atoms with van der Waals surface area (Å²) >= 11 is 0. The van der Waals surface area contributed by atoms with Gasteiger partial charge in [-0.05, 0) is 33.4 Å². The molecule has 2 rings (SSSR count). The quantitative estimate of drug-likeness (QED) is 0.852. The van der Waals surface area contributed by atoms with Crippen LogP contribution in [0.4, 0.5) is 0 Å². The monoisotopic (exact) mass is 233 g/mol. The minimum atomic E-state index is 0.235. The van der Waals surface area contributed by atoms with E-state index in [1.165, 1.54) is 11.1 Å². The van der Waals surface area contributed by atoms with Gasteiger partial charge in [0.2, 0.25) is 0 Å². The van der Waals surface area contributed by atoms with Crippen LogP contribution in [0.1, 0.15) is 34.5 Å². The largest absolute Gasteiger partial charge is 0.466 e. The molecule has 0 aliphatic carbocycles. The molecular weight excluding hydrogens is 214 g/mol. The smallest absolute Gasteiger partial charge is 0.107 e. The number of aromatic nitrogens is 2. The zero-order valence-electron chi connectivity index (χ0n) is 10.8. The van der Waals surface area contributed by atoms with Crippen LogP contribution in [0.15, 0.2) is 16.8 Å². The molecule has 1 atom stereocenters. The summed E-state index contributed by atoms with van der Waals surface area (Å²) in [4.78, 5) is 7.41. The minimum Gasteiger partial charge on any atom is -0.466 e. The molecule has 17 heavy (non-hydrogen) atoms. The highest BCUT2D eigenvalue weighted by Crippen LogP contribution is 2.28. The van der Waals surface area contributed by atoms with Crippen LogP contribution < -0.4 is 5.32 Å². The summed E-state index contributed by atoms with van der Waals surface area (Å²) in [6.45, 7) is 6.13. The Kier molecular flexibility index (Phi) is 3.33.